The van der Waals surface area contributed by atoms with Crippen LogP contribution in [0.5, 0.6) is 11.5 Å². The molecule has 0 saturated heterocycles. The summed E-state index contributed by atoms with van der Waals surface area (Å²) in [6.45, 7) is 6.89. The first kappa shape index (κ1) is 25.3. The van der Waals surface area contributed by atoms with Crippen LogP contribution in [0.3, 0.4) is 0 Å². The largest absolute Gasteiger partial charge is 0.497 e. The van der Waals surface area contributed by atoms with Crippen LogP contribution in [0.15, 0.2) is 60.7 Å². The van der Waals surface area contributed by atoms with E-state index in [2.05, 4.69) is 26.8 Å². The van der Waals surface area contributed by atoms with Crippen molar-refractivity contribution >= 4 is 5.97 Å². The van der Waals surface area contributed by atoms with Gasteiger partial charge in [-0.3, -0.25) is 4.79 Å². The molecule has 0 amide bonds. The molecule has 0 bridgehead atoms. The van der Waals surface area contributed by atoms with Crippen molar-refractivity contribution in [2.45, 2.75) is 46.6 Å². The quantitative estimate of drug-likeness (QED) is 0.328. The monoisotopic (exact) mass is 464 g/mol. The number of hydrogen-bond donors (Lipinski definition) is 0. The number of aryl methyl sites for hydroxylation is 1. The van der Waals surface area contributed by atoms with E-state index >= 15 is 0 Å². The molecule has 3 aromatic rings. The summed E-state index contributed by atoms with van der Waals surface area (Å²) in [6, 6.07) is 18.6. The average Bonchev–Trinajstić information content (AvgIpc) is 2.81. The fourth-order valence-corrected chi connectivity index (χ4v) is 3.86. The number of benzene rings is 3. The van der Waals surface area contributed by atoms with Gasteiger partial charge in [-0.25, -0.2) is 4.39 Å². The third-order valence-corrected chi connectivity index (χ3v) is 5.50. The first-order valence-electron chi connectivity index (χ1n) is 11.4. The maximum absolute atomic E-state index is 14.7. The number of hydrogen-bond acceptors (Lipinski definition) is 4. The minimum atomic E-state index is -0.274. The van der Waals surface area contributed by atoms with E-state index < -0.39 is 0 Å². The second-order valence-electron chi connectivity index (χ2n) is 9.59. The summed E-state index contributed by atoms with van der Waals surface area (Å²) in [5, 5.41) is 0. The van der Waals surface area contributed by atoms with Gasteiger partial charge in [-0.2, -0.15) is 0 Å². The van der Waals surface area contributed by atoms with E-state index in [1.165, 1.54) is 13.2 Å². The average molecular weight is 465 g/mol. The number of methoxy groups -OCH3 is 2. The molecule has 0 fully saturated rings. The van der Waals surface area contributed by atoms with Gasteiger partial charge in [-0.15, -0.1) is 0 Å². The Morgan fingerprint density at radius 2 is 1.68 bits per heavy atom. The Morgan fingerprint density at radius 1 is 0.882 bits per heavy atom. The van der Waals surface area contributed by atoms with E-state index in [1.54, 1.807) is 19.2 Å². The molecule has 0 radical (unpaired) electrons. The van der Waals surface area contributed by atoms with Gasteiger partial charge in [0, 0.05) is 12.0 Å². The Balaban J connectivity index is 1.83. The van der Waals surface area contributed by atoms with Crippen LogP contribution in [0.4, 0.5) is 4.39 Å². The van der Waals surface area contributed by atoms with Crippen molar-refractivity contribution in [2.24, 2.45) is 5.41 Å². The van der Waals surface area contributed by atoms with Gasteiger partial charge in [0.1, 0.15) is 23.9 Å². The summed E-state index contributed by atoms with van der Waals surface area (Å²) in [6.07, 6.45) is 1.72. The van der Waals surface area contributed by atoms with Crippen molar-refractivity contribution in [3.63, 3.8) is 0 Å². The van der Waals surface area contributed by atoms with Gasteiger partial charge in [0.25, 0.3) is 0 Å². The lowest BCUT2D eigenvalue weighted by Crippen LogP contribution is -2.11. The number of ether oxygens (including phenoxy) is 3. The van der Waals surface area contributed by atoms with E-state index in [9.17, 15) is 9.18 Å². The minimum absolute atomic E-state index is 0.0253. The van der Waals surface area contributed by atoms with Crippen LogP contribution in [0.2, 0.25) is 0 Å². The van der Waals surface area contributed by atoms with Gasteiger partial charge < -0.3 is 14.2 Å². The Morgan fingerprint density at radius 3 is 2.38 bits per heavy atom. The molecule has 0 spiro atoms. The van der Waals surface area contributed by atoms with Crippen LogP contribution >= 0.6 is 0 Å². The number of carbonyl (C=O) groups is 1. The second kappa shape index (κ2) is 11.2. The van der Waals surface area contributed by atoms with E-state index in [0.717, 1.165) is 34.4 Å². The normalized spacial score (nSPS) is 11.2. The predicted octanol–water partition coefficient (Wildman–Crippen LogP) is 6.77. The van der Waals surface area contributed by atoms with Crippen molar-refractivity contribution in [2.75, 3.05) is 14.2 Å². The molecule has 0 unspecified atom stereocenters. The second-order valence-corrected chi connectivity index (χ2v) is 9.59. The molecule has 0 aromatic heterocycles. The summed E-state index contributed by atoms with van der Waals surface area (Å²) in [4.78, 5) is 11.4. The lowest BCUT2D eigenvalue weighted by molar-refractivity contribution is -0.140. The highest BCUT2D eigenvalue weighted by atomic mass is 19.1. The van der Waals surface area contributed by atoms with Crippen LogP contribution in [-0.4, -0.2) is 20.2 Å². The number of halogens is 1. The summed E-state index contributed by atoms with van der Waals surface area (Å²) in [7, 11) is 2.97. The standard InChI is InChI=1S/C29H33FO4/c1-29(2,3)18-22-15-21(9-12-25(22)26-17-23(32-4)11-13-27(26)30)19-34-24-8-6-7-20(16-24)10-14-28(31)33-5/h6-9,11-13,15-17H,10,14,18-19H2,1-5H3. The smallest absolute Gasteiger partial charge is 0.305 e. The molecule has 3 aromatic carbocycles. The van der Waals surface area contributed by atoms with Crippen LogP contribution in [-0.2, 0) is 29.0 Å². The van der Waals surface area contributed by atoms with Crippen LogP contribution < -0.4 is 9.47 Å². The summed E-state index contributed by atoms with van der Waals surface area (Å²) >= 11 is 0. The molecule has 3 rings (SSSR count). The lowest BCUT2D eigenvalue weighted by Gasteiger charge is -2.22. The highest BCUT2D eigenvalue weighted by Crippen LogP contribution is 2.34. The van der Waals surface area contributed by atoms with Crippen LogP contribution in [0.25, 0.3) is 11.1 Å². The van der Waals surface area contributed by atoms with Gasteiger partial charge >= 0.3 is 5.97 Å². The third-order valence-electron chi connectivity index (χ3n) is 5.50. The number of rotatable bonds is 9. The lowest BCUT2D eigenvalue weighted by atomic mass is 9.84. The molecule has 0 aliphatic rings. The highest BCUT2D eigenvalue weighted by Gasteiger charge is 2.18. The van der Waals surface area contributed by atoms with E-state index in [4.69, 9.17) is 14.2 Å². The van der Waals surface area contributed by atoms with Gasteiger partial charge in [0.2, 0.25) is 0 Å². The SMILES string of the molecule is COC(=O)CCc1cccc(OCc2ccc(-c3cc(OC)ccc3F)c(CC(C)(C)C)c2)c1. The summed E-state index contributed by atoms with van der Waals surface area (Å²) in [5.74, 6) is 0.856. The number of esters is 1. The fourth-order valence-electron chi connectivity index (χ4n) is 3.86. The van der Waals surface area contributed by atoms with Gasteiger partial charge in [-0.1, -0.05) is 51.1 Å². The van der Waals surface area contributed by atoms with Crippen molar-refractivity contribution in [3.05, 3.63) is 83.2 Å². The van der Waals surface area contributed by atoms with E-state index in [0.29, 0.717) is 30.8 Å². The molecule has 4 nitrogen and oxygen atoms in total. The summed E-state index contributed by atoms with van der Waals surface area (Å²) in [5.41, 5.74) is 4.50. The Bertz CT molecular complexity index is 1130. The van der Waals surface area contributed by atoms with Gasteiger partial charge in [-0.05, 0) is 70.8 Å². The molecular formula is C29H33FO4. The Hall–Kier alpha value is -3.34. The topological polar surface area (TPSA) is 44.8 Å². The van der Waals surface area contributed by atoms with Crippen molar-refractivity contribution in [3.8, 4) is 22.6 Å². The van der Waals surface area contributed by atoms with Gasteiger partial charge in [0.15, 0.2) is 0 Å². The molecule has 0 aliphatic heterocycles. The maximum atomic E-state index is 14.7. The van der Waals surface area contributed by atoms with Crippen LogP contribution in [0, 0.1) is 11.2 Å². The zero-order chi connectivity index (χ0) is 24.7. The highest BCUT2D eigenvalue weighted by molar-refractivity contribution is 5.70. The number of carbonyl (C=O) groups excluding carboxylic acids is 1. The zero-order valence-corrected chi connectivity index (χ0v) is 20.6. The van der Waals surface area contributed by atoms with E-state index in [1.807, 2.05) is 36.4 Å². The minimum Gasteiger partial charge on any atom is -0.497 e. The first-order valence-corrected chi connectivity index (χ1v) is 11.4. The Labute approximate surface area is 201 Å². The fraction of sp³-hybridized carbons (Fsp3) is 0.345. The summed E-state index contributed by atoms with van der Waals surface area (Å²) < 4.78 is 30.8. The third kappa shape index (κ3) is 7.08. The Kier molecular flexibility index (Phi) is 8.32. The molecule has 34 heavy (non-hydrogen) atoms. The molecule has 0 heterocycles. The molecule has 0 saturated carbocycles. The first-order chi connectivity index (χ1) is 16.2. The van der Waals surface area contributed by atoms with Crippen molar-refractivity contribution in [1.82, 2.24) is 0 Å². The van der Waals surface area contributed by atoms with E-state index in [-0.39, 0.29) is 17.2 Å². The molecule has 0 N–H and O–H groups in total. The molecule has 5 heteroatoms. The van der Waals surface area contributed by atoms with Crippen molar-refractivity contribution < 1.29 is 23.4 Å². The predicted molar refractivity (Wildman–Crippen MR) is 133 cm³/mol. The van der Waals surface area contributed by atoms with Gasteiger partial charge in [0.05, 0.1) is 14.2 Å². The van der Waals surface area contributed by atoms with Crippen LogP contribution in [0.1, 0.15) is 43.9 Å². The molecule has 0 atom stereocenters. The molecule has 180 valence electrons. The molecular weight excluding hydrogens is 431 g/mol. The zero-order valence-electron chi connectivity index (χ0n) is 20.6. The maximum Gasteiger partial charge on any atom is 0.305 e. The molecule has 0 aliphatic carbocycles. The van der Waals surface area contributed by atoms with Crippen molar-refractivity contribution in [1.29, 1.82) is 0 Å².